The molecule has 0 unspecified atom stereocenters. The molecule has 0 saturated carbocycles. The van der Waals surface area contributed by atoms with E-state index in [-0.39, 0.29) is 17.4 Å². The molecule has 0 aliphatic heterocycles. The van der Waals surface area contributed by atoms with Crippen LogP contribution in [-0.2, 0) is 9.53 Å². The highest BCUT2D eigenvalue weighted by molar-refractivity contribution is 6.42. The van der Waals surface area contributed by atoms with Crippen LogP contribution >= 0.6 is 23.2 Å². The summed E-state index contributed by atoms with van der Waals surface area (Å²) in [5.74, 6) is -0.304. The van der Waals surface area contributed by atoms with E-state index in [0.717, 1.165) is 16.6 Å². The number of rotatable bonds is 6. The first kappa shape index (κ1) is 21.7. The normalized spacial score (nSPS) is 12.1. The molecule has 0 fully saturated rings. The van der Waals surface area contributed by atoms with Crippen molar-refractivity contribution in [2.45, 2.75) is 19.9 Å². The van der Waals surface area contributed by atoms with Crippen molar-refractivity contribution in [3.8, 4) is 0 Å². The Morgan fingerprint density at radius 3 is 2.63 bits per heavy atom. The van der Waals surface area contributed by atoms with Crippen molar-refractivity contribution in [3.63, 3.8) is 0 Å². The monoisotopic (exact) mass is 445 g/mol. The van der Waals surface area contributed by atoms with Gasteiger partial charge in [0.1, 0.15) is 0 Å². The Morgan fingerprint density at radius 1 is 1.20 bits per heavy atom. The number of carbonyl (C=O) groups excluding carboxylic acids is 1. The number of nitrogens with one attached hydrogen (secondary N) is 2. The first-order chi connectivity index (χ1) is 14.3. The van der Waals surface area contributed by atoms with Gasteiger partial charge in [-0.2, -0.15) is 0 Å². The van der Waals surface area contributed by atoms with Crippen LogP contribution in [0.1, 0.15) is 25.6 Å². The average molecular weight is 446 g/mol. The first-order valence-corrected chi connectivity index (χ1v) is 9.97. The van der Waals surface area contributed by atoms with Crippen LogP contribution in [0.25, 0.3) is 17.0 Å². The van der Waals surface area contributed by atoms with Crippen molar-refractivity contribution >= 4 is 51.8 Å². The zero-order valence-electron chi connectivity index (χ0n) is 16.7. The van der Waals surface area contributed by atoms with Gasteiger partial charge in [0.2, 0.25) is 0 Å². The minimum atomic E-state index is -0.425. The highest BCUT2D eigenvalue weighted by atomic mass is 35.5. The molecule has 2 heterocycles. The zero-order chi connectivity index (χ0) is 21.8. The van der Waals surface area contributed by atoms with E-state index in [1.54, 1.807) is 47.2 Å². The predicted octanol–water partition coefficient (Wildman–Crippen LogP) is 5.40. The Balaban J connectivity index is 1.76. The summed E-state index contributed by atoms with van der Waals surface area (Å²) in [4.78, 5) is 27.6. The smallest absolute Gasteiger partial charge is 0.290 e. The third kappa shape index (κ3) is 4.96. The minimum absolute atomic E-state index is 0.0178. The second kappa shape index (κ2) is 9.24. The van der Waals surface area contributed by atoms with Gasteiger partial charge in [-0.3, -0.25) is 9.59 Å². The number of carbonyl (C=O) groups is 1. The summed E-state index contributed by atoms with van der Waals surface area (Å²) in [5.41, 5.74) is 2.05. The lowest BCUT2D eigenvalue weighted by Gasteiger charge is -2.12. The lowest BCUT2D eigenvalue weighted by atomic mass is 10.2. The lowest BCUT2D eigenvalue weighted by molar-refractivity contribution is -0.115. The van der Waals surface area contributed by atoms with E-state index in [1.807, 2.05) is 19.9 Å². The fraction of sp³-hybridized carbons (Fsp3) is 0.182. The molecule has 3 aromatic rings. The SMILES string of the molecule is CO/C(=C/C=C/c1cc2cc(Cl)c(Cl)cc2[nH]1)C(=O)Nc1ccc(=O)n(C(C)C)c1. The number of aromatic amines is 1. The molecule has 8 heteroatoms. The van der Waals surface area contributed by atoms with E-state index in [1.165, 1.54) is 13.2 Å². The largest absolute Gasteiger partial charge is 0.491 e. The van der Waals surface area contributed by atoms with Crippen molar-refractivity contribution in [2.75, 3.05) is 12.4 Å². The van der Waals surface area contributed by atoms with Crippen molar-refractivity contribution in [3.05, 3.63) is 80.5 Å². The van der Waals surface area contributed by atoms with Gasteiger partial charge in [0.05, 0.1) is 22.8 Å². The van der Waals surface area contributed by atoms with E-state index in [0.29, 0.717) is 15.7 Å². The van der Waals surface area contributed by atoms with Gasteiger partial charge in [0.15, 0.2) is 5.76 Å². The summed E-state index contributed by atoms with van der Waals surface area (Å²) in [7, 11) is 1.42. The van der Waals surface area contributed by atoms with Gasteiger partial charge < -0.3 is 19.6 Å². The van der Waals surface area contributed by atoms with Crippen LogP contribution in [0.5, 0.6) is 0 Å². The van der Waals surface area contributed by atoms with Gasteiger partial charge in [-0.1, -0.05) is 29.3 Å². The summed E-state index contributed by atoms with van der Waals surface area (Å²) in [5, 5.41) is 4.63. The number of hydrogen-bond acceptors (Lipinski definition) is 3. The summed E-state index contributed by atoms with van der Waals surface area (Å²) in [6.45, 7) is 3.79. The van der Waals surface area contributed by atoms with Gasteiger partial charge in [0, 0.05) is 34.9 Å². The highest BCUT2D eigenvalue weighted by Crippen LogP contribution is 2.28. The highest BCUT2D eigenvalue weighted by Gasteiger charge is 2.11. The molecule has 6 nitrogen and oxygen atoms in total. The van der Waals surface area contributed by atoms with Crippen LogP contribution < -0.4 is 10.9 Å². The number of halogens is 2. The Kier molecular flexibility index (Phi) is 6.70. The van der Waals surface area contributed by atoms with Crippen molar-refractivity contribution in [2.24, 2.45) is 0 Å². The molecule has 156 valence electrons. The Bertz CT molecular complexity index is 1170. The number of aromatic nitrogens is 2. The van der Waals surface area contributed by atoms with Crippen molar-refractivity contribution < 1.29 is 9.53 Å². The number of H-pyrrole nitrogens is 1. The van der Waals surface area contributed by atoms with E-state index >= 15 is 0 Å². The van der Waals surface area contributed by atoms with Crippen molar-refractivity contribution in [1.29, 1.82) is 0 Å². The van der Waals surface area contributed by atoms with Gasteiger partial charge >= 0.3 is 0 Å². The predicted molar refractivity (Wildman–Crippen MR) is 122 cm³/mol. The summed E-state index contributed by atoms with van der Waals surface area (Å²) >= 11 is 12.1. The van der Waals surface area contributed by atoms with Crippen molar-refractivity contribution in [1.82, 2.24) is 9.55 Å². The van der Waals surface area contributed by atoms with Crippen LogP contribution in [0, 0.1) is 0 Å². The molecule has 2 aromatic heterocycles. The van der Waals surface area contributed by atoms with Crippen LogP contribution in [0.15, 0.2) is 59.2 Å². The van der Waals surface area contributed by atoms with Gasteiger partial charge in [-0.15, -0.1) is 0 Å². The number of nitrogens with zero attached hydrogens (tertiary/aromatic N) is 1. The number of pyridine rings is 1. The minimum Gasteiger partial charge on any atom is -0.491 e. The molecular formula is C22H21Cl2N3O3. The number of methoxy groups -OCH3 is 1. The Morgan fingerprint density at radius 2 is 1.93 bits per heavy atom. The quantitative estimate of drug-likeness (QED) is 0.303. The molecule has 1 aromatic carbocycles. The van der Waals surface area contributed by atoms with E-state index in [4.69, 9.17) is 27.9 Å². The maximum atomic E-state index is 12.5. The van der Waals surface area contributed by atoms with Crippen LogP contribution in [-0.4, -0.2) is 22.6 Å². The van der Waals surface area contributed by atoms with Crippen LogP contribution in [0.3, 0.4) is 0 Å². The van der Waals surface area contributed by atoms with Gasteiger partial charge in [-0.25, -0.2) is 0 Å². The van der Waals surface area contributed by atoms with E-state index in [9.17, 15) is 9.59 Å². The molecule has 0 spiro atoms. The Labute approximate surface area is 183 Å². The molecule has 0 saturated heterocycles. The fourth-order valence-electron chi connectivity index (χ4n) is 2.89. The number of benzene rings is 1. The van der Waals surface area contributed by atoms with Gasteiger partial charge in [-0.05, 0) is 50.3 Å². The molecule has 0 radical (unpaired) electrons. The summed E-state index contributed by atoms with van der Waals surface area (Å²) in [6.07, 6.45) is 6.66. The standard InChI is InChI=1S/C22H21Cl2N3O3/c1-13(2)27-12-16(7-8-21(27)28)26-22(29)20(30-3)6-4-5-15-9-14-10-17(23)18(24)11-19(14)25-15/h4-13,25H,1-3H3,(H,26,29)/b5-4+,20-6+. The van der Waals surface area contributed by atoms with E-state index < -0.39 is 5.91 Å². The zero-order valence-corrected chi connectivity index (χ0v) is 18.2. The summed E-state index contributed by atoms with van der Waals surface area (Å²) < 4.78 is 6.74. The molecular weight excluding hydrogens is 425 g/mol. The topological polar surface area (TPSA) is 76.1 Å². The number of allylic oxidation sites excluding steroid dienone is 2. The maximum Gasteiger partial charge on any atom is 0.290 e. The third-order valence-corrected chi connectivity index (χ3v) is 5.12. The summed E-state index contributed by atoms with van der Waals surface area (Å²) in [6, 6.07) is 8.42. The molecule has 0 bridgehead atoms. The number of anilines is 1. The second-order valence-electron chi connectivity index (χ2n) is 6.88. The molecule has 2 N–H and O–H groups in total. The average Bonchev–Trinajstić information content (AvgIpc) is 3.08. The van der Waals surface area contributed by atoms with Gasteiger partial charge in [0.25, 0.3) is 11.5 Å². The number of hydrogen-bond donors (Lipinski definition) is 2. The number of ether oxygens (including phenoxy) is 1. The first-order valence-electron chi connectivity index (χ1n) is 9.22. The molecule has 1 amide bonds. The third-order valence-electron chi connectivity index (χ3n) is 4.40. The number of amides is 1. The molecule has 30 heavy (non-hydrogen) atoms. The fourth-order valence-corrected chi connectivity index (χ4v) is 3.22. The van der Waals surface area contributed by atoms with E-state index in [2.05, 4.69) is 10.3 Å². The number of fused-ring (bicyclic) bond motifs is 1. The van der Waals surface area contributed by atoms with Crippen LogP contribution in [0.2, 0.25) is 10.0 Å². The van der Waals surface area contributed by atoms with Crippen LogP contribution in [0.4, 0.5) is 5.69 Å². The Hall–Kier alpha value is -2.96. The molecule has 0 atom stereocenters. The maximum absolute atomic E-state index is 12.5. The molecule has 0 aliphatic rings. The molecule has 0 aliphatic carbocycles. The second-order valence-corrected chi connectivity index (χ2v) is 7.70. The molecule has 3 rings (SSSR count). The lowest BCUT2D eigenvalue weighted by Crippen LogP contribution is -2.22.